The second-order valence-corrected chi connectivity index (χ2v) is 18.4. The molecule has 0 saturated carbocycles. The van der Waals surface area contributed by atoms with Crippen molar-refractivity contribution in [3.63, 3.8) is 0 Å². The van der Waals surface area contributed by atoms with Gasteiger partial charge in [0.2, 0.25) is 11.8 Å². The number of amides is 3. The van der Waals surface area contributed by atoms with Gasteiger partial charge >= 0.3 is 24.0 Å². The molecule has 4 heterocycles. The molecule has 0 radical (unpaired) electrons. The number of aliphatic hydroxyl groups is 1. The lowest BCUT2D eigenvalue weighted by molar-refractivity contribution is -0.179. The molecule has 2 fully saturated rings. The van der Waals surface area contributed by atoms with E-state index >= 15 is 14.4 Å². The van der Waals surface area contributed by atoms with Crippen LogP contribution in [0.2, 0.25) is 0 Å². The molecule has 0 bridgehead atoms. The second-order valence-electron chi connectivity index (χ2n) is 18.4. The van der Waals surface area contributed by atoms with Gasteiger partial charge in [-0.15, -0.1) is 0 Å². The number of rotatable bonds is 15. The van der Waals surface area contributed by atoms with E-state index in [1.807, 2.05) is 71.6 Å². The predicted octanol–water partition coefficient (Wildman–Crippen LogP) is 5.81. The third-order valence-electron chi connectivity index (χ3n) is 14.5. The fourth-order valence-electron chi connectivity index (χ4n) is 11.3. The van der Waals surface area contributed by atoms with Gasteiger partial charge in [0, 0.05) is 37.7 Å². The van der Waals surface area contributed by atoms with Crippen molar-refractivity contribution in [2.75, 3.05) is 73.4 Å². The minimum Gasteiger partial charge on any atom is -0.493 e. The maximum absolute atomic E-state index is 16.8. The third kappa shape index (κ3) is 9.35. The topological polar surface area (TPSA) is 206 Å². The smallest absolute Gasteiger partial charge is 0.421 e. The molecule has 4 aliphatic heterocycles. The van der Waals surface area contributed by atoms with E-state index in [0.717, 1.165) is 30.2 Å². The number of nitrogens with zero attached hydrogens (tertiary/aromatic N) is 3. The third-order valence-corrected chi connectivity index (χ3v) is 14.5. The molecule has 5 aromatic carbocycles. The number of carbonyl (C=O) groups is 6. The van der Waals surface area contributed by atoms with Gasteiger partial charge in [-0.1, -0.05) is 90.7 Å². The van der Waals surface area contributed by atoms with Crippen LogP contribution >= 0.6 is 0 Å². The molecule has 18 nitrogen and oxygen atoms in total. The summed E-state index contributed by atoms with van der Waals surface area (Å²) in [5, 5.41) is 10.2. The first kappa shape index (κ1) is 52.6. The zero-order valence-electron chi connectivity index (χ0n) is 42.6. The van der Waals surface area contributed by atoms with E-state index in [0.29, 0.717) is 34.6 Å². The molecule has 1 N–H and O–H groups in total. The molecule has 6 atom stereocenters. The number of para-hydroxylation sites is 1. The summed E-state index contributed by atoms with van der Waals surface area (Å²) in [6.07, 6.45) is -2.04. The van der Waals surface area contributed by atoms with Crippen LogP contribution in [-0.4, -0.2) is 125 Å². The monoisotopic (exact) mass is 1040 g/mol. The molecule has 9 rings (SSSR count). The average Bonchev–Trinajstić information content (AvgIpc) is 4.12. The number of aliphatic hydroxyl groups excluding tert-OH is 1. The van der Waals surface area contributed by atoms with E-state index in [-0.39, 0.29) is 68.5 Å². The summed E-state index contributed by atoms with van der Waals surface area (Å²) in [4.78, 5) is 93.7. The van der Waals surface area contributed by atoms with Gasteiger partial charge in [-0.3, -0.25) is 28.9 Å². The molecule has 1 spiro atoms. The molecular weight excluding hydrogens is 979 g/mol. The summed E-state index contributed by atoms with van der Waals surface area (Å²) in [7, 11) is 6.77. The Morgan fingerprint density at radius 3 is 2.07 bits per heavy atom. The number of hydrogen-bond donors (Lipinski definition) is 1. The van der Waals surface area contributed by atoms with Gasteiger partial charge in [-0.2, -0.15) is 0 Å². The van der Waals surface area contributed by atoms with Crippen molar-refractivity contribution in [3.05, 3.63) is 154 Å². The number of imide groups is 1. The van der Waals surface area contributed by atoms with Crippen molar-refractivity contribution in [1.29, 1.82) is 0 Å². The summed E-state index contributed by atoms with van der Waals surface area (Å²) in [5.41, 5.74) is 1.51. The van der Waals surface area contributed by atoms with Gasteiger partial charge in [0.25, 0.3) is 0 Å². The zero-order valence-corrected chi connectivity index (χ0v) is 42.6. The van der Waals surface area contributed by atoms with Gasteiger partial charge in [0.05, 0.1) is 65.3 Å². The number of ether oxygens (including phenoxy) is 8. The van der Waals surface area contributed by atoms with Crippen LogP contribution in [0.25, 0.3) is 0 Å². The lowest BCUT2D eigenvalue weighted by Crippen LogP contribution is -2.57. The standard InChI is InChI=1S/C58H57N3O15/c1-69-29-30-75-57(68)60-43-24-23-35(15-14-21-41(53(64)72-4)54(65)73-5)31-42(43)58(56(60)67)47(52(63)59-26-25-38-32-45(70-2)46(71-3)33-39(38)34-59)49-55(66)76-50(37-18-10-7-11-19-37)48(36-16-8-6-9-17-36)61(49)51(58)40-20-12-13-22-44(40)74-28-27-62/h6-13,16-20,22-24,31-33,41,47-51,62H,21,25-30,34H2,1-5H3/t47-,48-,49-,50+,51+,58-/m0/s1. The highest BCUT2D eigenvalue weighted by Gasteiger charge is 2.76. The number of anilines is 1. The number of benzene rings is 5. The number of hydrogen-bond acceptors (Lipinski definition) is 16. The Balaban J connectivity index is 1.36. The van der Waals surface area contributed by atoms with Crippen LogP contribution in [0.15, 0.2) is 115 Å². The van der Waals surface area contributed by atoms with Gasteiger partial charge in [0.15, 0.2) is 17.4 Å². The van der Waals surface area contributed by atoms with Crippen molar-refractivity contribution in [2.24, 2.45) is 11.8 Å². The van der Waals surface area contributed by atoms with E-state index in [2.05, 4.69) is 11.8 Å². The largest absolute Gasteiger partial charge is 0.493 e. The molecule has 3 amide bonds. The number of esters is 3. The molecule has 2 saturated heterocycles. The van der Waals surface area contributed by atoms with Gasteiger partial charge in [0.1, 0.15) is 36.5 Å². The summed E-state index contributed by atoms with van der Waals surface area (Å²) in [6, 6.07) is 30.0. The Bertz CT molecular complexity index is 3070. The maximum atomic E-state index is 16.8. The molecule has 76 heavy (non-hydrogen) atoms. The number of cyclic esters (lactones) is 1. The van der Waals surface area contributed by atoms with Crippen LogP contribution in [0.4, 0.5) is 10.5 Å². The first-order chi connectivity index (χ1) is 37.0. The molecule has 394 valence electrons. The summed E-state index contributed by atoms with van der Waals surface area (Å²) in [5.74, 6) is 0.0603. The Morgan fingerprint density at radius 2 is 1.41 bits per heavy atom. The van der Waals surface area contributed by atoms with E-state index < -0.39 is 77.3 Å². The van der Waals surface area contributed by atoms with Crippen molar-refractivity contribution in [1.82, 2.24) is 9.80 Å². The number of methoxy groups -OCH3 is 5. The average molecular weight is 1040 g/mol. The fourth-order valence-corrected chi connectivity index (χ4v) is 11.3. The van der Waals surface area contributed by atoms with Crippen LogP contribution in [0, 0.1) is 23.7 Å². The minimum atomic E-state index is -2.23. The highest BCUT2D eigenvalue weighted by molar-refractivity contribution is 6.23. The zero-order chi connectivity index (χ0) is 53.7. The Labute approximate surface area is 439 Å². The molecule has 0 unspecified atom stereocenters. The van der Waals surface area contributed by atoms with Crippen molar-refractivity contribution >= 4 is 41.5 Å². The highest BCUT2D eigenvalue weighted by Crippen LogP contribution is 2.67. The number of fused-ring (bicyclic) bond motifs is 4. The van der Waals surface area contributed by atoms with Crippen LogP contribution < -0.4 is 19.1 Å². The number of carbonyl (C=O) groups excluding carboxylic acids is 6. The first-order valence-corrected chi connectivity index (χ1v) is 24.7. The Hall–Kier alpha value is -8.24. The van der Waals surface area contributed by atoms with Crippen molar-refractivity contribution in [3.8, 4) is 29.1 Å². The van der Waals surface area contributed by atoms with Crippen LogP contribution in [0.1, 0.15) is 63.6 Å². The molecule has 4 aliphatic rings. The Morgan fingerprint density at radius 1 is 0.750 bits per heavy atom. The molecule has 0 aromatic heterocycles. The summed E-state index contributed by atoms with van der Waals surface area (Å²) >= 11 is 0. The molecule has 5 aromatic rings. The lowest BCUT2D eigenvalue weighted by atomic mass is 9.64. The summed E-state index contributed by atoms with van der Waals surface area (Å²) < 4.78 is 45.0. The van der Waals surface area contributed by atoms with Gasteiger partial charge < -0.3 is 47.9 Å². The SMILES string of the molecule is COCCOC(=O)N1C(=O)[C@@]2(c3cc(C#CCC(C(=O)OC)C(=O)OC)ccc31)[C@H](C(=O)N1CCc3cc(OC)c(OC)cc3C1)[C@H]1C(=O)O[C@H](c3ccccc3)[C@H](c3ccccc3)N1[C@@H]2c1ccccc1OCCO. The molecule has 0 aliphatic carbocycles. The van der Waals surface area contributed by atoms with E-state index in [9.17, 15) is 19.5 Å². The van der Waals surface area contributed by atoms with Crippen LogP contribution in [0.3, 0.4) is 0 Å². The lowest BCUT2D eigenvalue weighted by Gasteiger charge is -2.46. The van der Waals surface area contributed by atoms with E-state index in [1.165, 1.54) is 27.4 Å². The first-order valence-electron chi connectivity index (χ1n) is 24.7. The van der Waals surface area contributed by atoms with Crippen LogP contribution in [-0.2, 0) is 66.0 Å². The van der Waals surface area contributed by atoms with Gasteiger partial charge in [-0.05, 0) is 70.6 Å². The quantitative estimate of drug-likeness (QED) is 0.0432. The second kappa shape index (κ2) is 22.7. The highest BCUT2D eigenvalue weighted by atomic mass is 16.6. The normalized spacial score (nSPS) is 21.4. The van der Waals surface area contributed by atoms with Crippen LogP contribution in [0.5, 0.6) is 17.2 Å². The minimum absolute atomic E-state index is 0.00777. The summed E-state index contributed by atoms with van der Waals surface area (Å²) in [6.45, 7) is -0.601. The van der Waals surface area contributed by atoms with E-state index in [4.69, 9.17) is 37.9 Å². The number of morpholine rings is 1. The molecule has 18 heteroatoms. The van der Waals surface area contributed by atoms with Crippen molar-refractivity contribution < 1.29 is 71.8 Å². The van der Waals surface area contributed by atoms with Crippen molar-refractivity contribution in [2.45, 2.75) is 49.0 Å². The van der Waals surface area contributed by atoms with Gasteiger partial charge in [-0.25, -0.2) is 9.69 Å². The fraction of sp³-hybridized carbons (Fsp3) is 0.345. The Kier molecular flexibility index (Phi) is 15.7. The maximum Gasteiger partial charge on any atom is 0.421 e. The van der Waals surface area contributed by atoms with E-state index in [1.54, 1.807) is 47.4 Å². The molecular formula is C58H57N3O15. The predicted molar refractivity (Wildman–Crippen MR) is 272 cm³/mol.